The molecule has 0 radical (unpaired) electrons. The number of alkyl halides is 6. The molecule has 1 atom stereocenters. The maximum absolute atomic E-state index is 14.0. The van der Waals surface area contributed by atoms with Gasteiger partial charge in [-0.1, -0.05) is 24.3 Å². The summed E-state index contributed by atoms with van der Waals surface area (Å²) >= 11 is 0. The van der Waals surface area contributed by atoms with Gasteiger partial charge in [-0.3, -0.25) is 0 Å². The summed E-state index contributed by atoms with van der Waals surface area (Å²) in [6.07, 6.45) is -2.17. The van der Waals surface area contributed by atoms with E-state index in [1.54, 1.807) is 6.08 Å². The minimum atomic E-state index is -4.73. The lowest BCUT2D eigenvalue weighted by molar-refractivity contribution is -0.139. The first-order chi connectivity index (χ1) is 18.9. The average molecular weight is 568 g/mol. The molecule has 40 heavy (non-hydrogen) atoms. The van der Waals surface area contributed by atoms with Crippen LogP contribution in [0.5, 0.6) is 5.75 Å². The van der Waals surface area contributed by atoms with E-state index in [4.69, 9.17) is 15.2 Å². The summed E-state index contributed by atoms with van der Waals surface area (Å²) in [6, 6.07) is 6.85. The Kier molecular flexibility index (Phi) is 8.75. The highest BCUT2D eigenvalue weighted by Crippen LogP contribution is 2.38. The van der Waals surface area contributed by atoms with Gasteiger partial charge in [-0.15, -0.1) is 0 Å². The minimum absolute atomic E-state index is 0.201. The number of benzene rings is 2. The summed E-state index contributed by atoms with van der Waals surface area (Å²) < 4.78 is 91.2. The quantitative estimate of drug-likeness (QED) is 0.386. The molecule has 1 saturated heterocycles. The molecule has 0 bridgehead atoms. The van der Waals surface area contributed by atoms with E-state index in [0.29, 0.717) is 44.4 Å². The lowest BCUT2D eigenvalue weighted by Crippen LogP contribution is -2.44. The van der Waals surface area contributed by atoms with Gasteiger partial charge in [-0.25, -0.2) is 9.79 Å². The van der Waals surface area contributed by atoms with Gasteiger partial charge in [0.1, 0.15) is 18.4 Å². The van der Waals surface area contributed by atoms with Crippen molar-refractivity contribution in [2.75, 3.05) is 19.8 Å². The second-order valence-corrected chi connectivity index (χ2v) is 9.26. The topological polar surface area (TPSA) is 77.2 Å². The van der Waals surface area contributed by atoms with Crippen molar-refractivity contribution < 1.29 is 40.6 Å². The summed E-state index contributed by atoms with van der Waals surface area (Å²) in [6.45, 7) is 0.554. The Morgan fingerprint density at radius 3 is 2.50 bits per heavy atom. The van der Waals surface area contributed by atoms with Crippen LogP contribution >= 0.6 is 0 Å². The third-order valence-electron chi connectivity index (χ3n) is 6.45. The fourth-order valence-corrected chi connectivity index (χ4v) is 4.48. The Morgan fingerprint density at radius 2 is 1.82 bits per heavy atom. The molecule has 1 fully saturated rings. The third-order valence-corrected chi connectivity index (χ3v) is 6.45. The Labute approximate surface area is 226 Å². The molecule has 2 aromatic rings. The van der Waals surface area contributed by atoms with Crippen LogP contribution in [0.15, 0.2) is 59.6 Å². The first-order valence-corrected chi connectivity index (χ1v) is 12.6. The highest BCUT2D eigenvalue weighted by molar-refractivity contribution is 5.91. The highest BCUT2D eigenvalue weighted by Gasteiger charge is 2.36. The van der Waals surface area contributed by atoms with Gasteiger partial charge in [0.2, 0.25) is 5.90 Å². The van der Waals surface area contributed by atoms with Crippen molar-refractivity contribution in [2.24, 2.45) is 10.7 Å². The number of aliphatic imine (C=N–C) groups is 1. The van der Waals surface area contributed by atoms with Crippen molar-refractivity contribution in [3.05, 3.63) is 76.9 Å². The zero-order valence-corrected chi connectivity index (χ0v) is 21.3. The number of carbonyl (C=O) groups excluding carboxylic acids is 1. The molecule has 0 aromatic heterocycles. The van der Waals surface area contributed by atoms with Crippen molar-refractivity contribution in [3.63, 3.8) is 0 Å². The summed E-state index contributed by atoms with van der Waals surface area (Å²) in [5, 5.41) is 0. The van der Waals surface area contributed by atoms with Crippen LogP contribution in [-0.2, 0) is 17.1 Å². The fraction of sp³-hybridized carbons (Fsp3) is 0.357. The number of likely N-dealkylation sites (tertiary alicyclic amines) is 1. The molecule has 2 amide bonds. The number of allylic oxidation sites excluding steroid dienone is 1. The number of hydrogen-bond acceptors (Lipinski definition) is 4. The number of amides is 2. The molecule has 214 valence electrons. The lowest BCUT2D eigenvalue weighted by atomic mass is 10.0. The number of primary amides is 1. The summed E-state index contributed by atoms with van der Waals surface area (Å²) in [4.78, 5) is 17.8. The van der Waals surface area contributed by atoms with Gasteiger partial charge in [0.15, 0.2) is 0 Å². The summed E-state index contributed by atoms with van der Waals surface area (Å²) in [5.74, 6) is -0.166. The average Bonchev–Trinajstić information content (AvgIpc) is 3.36. The number of ether oxygens (including phenoxy) is 2. The molecule has 0 spiro atoms. The molecule has 2 aromatic carbocycles. The van der Waals surface area contributed by atoms with Gasteiger partial charge in [-0.2, -0.15) is 26.3 Å². The van der Waals surface area contributed by atoms with Gasteiger partial charge < -0.3 is 20.1 Å². The smallest absolute Gasteiger partial charge is 0.419 e. The number of carbonyl (C=O) groups is 1. The van der Waals surface area contributed by atoms with Gasteiger partial charge >= 0.3 is 18.4 Å². The minimum Gasteiger partial charge on any atom is -0.489 e. The second kappa shape index (κ2) is 12.1. The maximum atomic E-state index is 14.0. The van der Waals surface area contributed by atoms with Crippen LogP contribution in [0.25, 0.3) is 11.8 Å². The molecule has 2 heterocycles. The van der Waals surface area contributed by atoms with Crippen LogP contribution in [0.2, 0.25) is 0 Å². The predicted molar refractivity (Wildman–Crippen MR) is 137 cm³/mol. The molecular weight excluding hydrogens is 540 g/mol. The molecule has 12 heteroatoms. The van der Waals surface area contributed by atoms with E-state index in [9.17, 15) is 31.1 Å². The fourth-order valence-electron chi connectivity index (χ4n) is 4.48. The molecule has 6 nitrogen and oxygen atoms in total. The Bertz CT molecular complexity index is 1300. The maximum Gasteiger partial charge on any atom is 0.419 e. The van der Waals surface area contributed by atoms with Crippen LogP contribution < -0.4 is 10.5 Å². The summed E-state index contributed by atoms with van der Waals surface area (Å²) in [5.41, 5.74) is 4.59. The van der Waals surface area contributed by atoms with Crippen LogP contribution in [0.4, 0.5) is 31.1 Å². The van der Waals surface area contributed by atoms with Crippen molar-refractivity contribution in [3.8, 4) is 5.75 Å². The van der Waals surface area contributed by atoms with E-state index in [-0.39, 0.29) is 23.8 Å². The van der Waals surface area contributed by atoms with E-state index in [1.807, 2.05) is 0 Å². The molecule has 2 aliphatic rings. The zero-order valence-electron chi connectivity index (χ0n) is 21.3. The SMILES string of the molecule is NC(=O)N1CCC[C@H]1C1=N/C(c2ccc(OC/C=C/c3ccc(C(F)(F)F)cc3)c(C(F)(F)F)c2)=C/CCCO1. The Morgan fingerprint density at radius 1 is 1.07 bits per heavy atom. The molecule has 4 rings (SSSR count). The van der Waals surface area contributed by atoms with Crippen molar-refractivity contribution in [1.82, 2.24) is 4.90 Å². The number of rotatable bonds is 6. The van der Waals surface area contributed by atoms with Crippen LogP contribution in [0, 0.1) is 0 Å². The van der Waals surface area contributed by atoms with E-state index < -0.39 is 41.3 Å². The van der Waals surface area contributed by atoms with Crippen LogP contribution in [-0.4, -0.2) is 42.6 Å². The Balaban J connectivity index is 1.54. The second-order valence-electron chi connectivity index (χ2n) is 9.26. The van der Waals surface area contributed by atoms with Crippen LogP contribution in [0.3, 0.4) is 0 Å². The van der Waals surface area contributed by atoms with Crippen molar-refractivity contribution in [2.45, 2.75) is 44.1 Å². The van der Waals surface area contributed by atoms with Gasteiger partial charge in [0.25, 0.3) is 0 Å². The number of nitrogens with two attached hydrogens (primary N) is 1. The predicted octanol–water partition coefficient (Wildman–Crippen LogP) is 6.91. The van der Waals surface area contributed by atoms with E-state index in [0.717, 1.165) is 18.2 Å². The molecule has 0 aliphatic carbocycles. The number of halogens is 6. The number of nitrogens with zero attached hydrogens (tertiary/aromatic N) is 2. The molecule has 2 N–H and O–H groups in total. The normalized spacial score (nSPS) is 19.9. The number of urea groups is 1. The van der Waals surface area contributed by atoms with Gasteiger partial charge in [-0.05, 0) is 67.7 Å². The molecule has 0 saturated carbocycles. The van der Waals surface area contributed by atoms with E-state index in [1.165, 1.54) is 41.3 Å². The highest BCUT2D eigenvalue weighted by atomic mass is 19.4. The molecular formula is C28H27F6N3O3. The van der Waals surface area contributed by atoms with Crippen molar-refractivity contribution >= 4 is 23.7 Å². The molecule has 0 unspecified atom stereocenters. The van der Waals surface area contributed by atoms with Gasteiger partial charge in [0, 0.05) is 12.1 Å². The largest absolute Gasteiger partial charge is 0.489 e. The monoisotopic (exact) mass is 567 g/mol. The zero-order chi connectivity index (χ0) is 28.9. The van der Waals surface area contributed by atoms with E-state index >= 15 is 0 Å². The van der Waals surface area contributed by atoms with Crippen molar-refractivity contribution in [1.29, 1.82) is 0 Å². The van der Waals surface area contributed by atoms with Gasteiger partial charge in [0.05, 0.1) is 23.4 Å². The summed E-state index contributed by atoms with van der Waals surface area (Å²) in [7, 11) is 0. The Hall–Kier alpha value is -3.96. The third kappa shape index (κ3) is 7.16. The first-order valence-electron chi connectivity index (χ1n) is 12.6. The first kappa shape index (κ1) is 29.0. The standard InChI is InChI=1S/C28H27F6N3O3/c29-27(30,31)20-11-8-18(9-12-20)5-4-16-39-24-13-10-19(17-21(24)28(32,33)34)22-6-1-2-15-40-25(36-22)23-7-3-14-37(23)26(35)38/h4-6,8-13,17,23H,1-3,7,14-16H2,(H2,35,38)/b5-4+,22-6+,36-25?/t23-/m0/s1. The van der Waals surface area contributed by atoms with E-state index in [2.05, 4.69) is 4.99 Å². The molecule has 2 aliphatic heterocycles. The lowest BCUT2D eigenvalue weighted by Gasteiger charge is -2.25. The number of hydrogen-bond donors (Lipinski definition) is 1. The van der Waals surface area contributed by atoms with Crippen LogP contribution in [0.1, 0.15) is 47.9 Å².